The van der Waals surface area contributed by atoms with Gasteiger partial charge >= 0.3 is 0 Å². The molecule has 2 aromatic rings. The molecule has 0 radical (unpaired) electrons. The van der Waals surface area contributed by atoms with Crippen LogP contribution in [0.2, 0.25) is 0 Å². The van der Waals surface area contributed by atoms with Crippen molar-refractivity contribution in [3.05, 3.63) is 59.8 Å². The predicted molar refractivity (Wildman–Crippen MR) is 98.5 cm³/mol. The van der Waals surface area contributed by atoms with Crippen LogP contribution in [0.25, 0.3) is 0 Å². The third kappa shape index (κ3) is 4.79. The molecule has 1 aliphatic rings. The van der Waals surface area contributed by atoms with Crippen LogP contribution in [0.4, 0.5) is 5.82 Å². The molecule has 0 bridgehead atoms. The number of piperidine rings is 1. The Labute approximate surface area is 149 Å². The standard InChI is InChI=1S/C20H25N3O2/c1-25-15-17-8-5-11-23(14-17)20(24)18-9-10-19(22-13-18)21-12-16-6-3-2-4-7-16/h2-4,6-7,9-10,13,17H,5,8,11-12,14-15H2,1H3,(H,21,22)/t17-/m1/s1. The number of hydrogen-bond acceptors (Lipinski definition) is 4. The van der Waals surface area contributed by atoms with Gasteiger partial charge in [-0.05, 0) is 36.5 Å². The molecule has 25 heavy (non-hydrogen) atoms. The second kappa shape index (κ2) is 8.62. The number of ether oxygens (including phenoxy) is 1. The van der Waals surface area contributed by atoms with Crippen LogP contribution in [0.1, 0.15) is 28.8 Å². The van der Waals surface area contributed by atoms with E-state index in [-0.39, 0.29) is 5.91 Å². The van der Waals surface area contributed by atoms with E-state index in [0.29, 0.717) is 24.6 Å². The van der Waals surface area contributed by atoms with Crippen molar-refractivity contribution in [1.82, 2.24) is 9.88 Å². The first-order valence-corrected chi connectivity index (χ1v) is 8.78. The van der Waals surface area contributed by atoms with Crippen molar-refractivity contribution in [2.45, 2.75) is 19.4 Å². The zero-order valence-electron chi connectivity index (χ0n) is 14.6. The number of aromatic nitrogens is 1. The number of anilines is 1. The Morgan fingerprint density at radius 3 is 2.84 bits per heavy atom. The van der Waals surface area contributed by atoms with Crippen molar-refractivity contribution in [3.8, 4) is 0 Å². The van der Waals surface area contributed by atoms with E-state index in [1.54, 1.807) is 13.3 Å². The largest absolute Gasteiger partial charge is 0.384 e. The number of amides is 1. The van der Waals surface area contributed by atoms with Gasteiger partial charge in [0.2, 0.25) is 0 Å². The Morgan fingerprint density at radius 1 is 1.28 bits per heavy atom. The van der Waals surface area contributed by atoms with Crippen LogP contribution in [0.5, 0.6) is 0 Å². The molecule has 0 aliphatic carbocycles. The lowest BCUT2D eigenvalue weighted by atomic mass is 9.98. The third-order valence-electron chi connectivity index (χ3n) is 4.54. The number of nitrogens with zero attached hydrogens (tertiary/aromatic N) is 2. The molecule has 1 aromatic carbocycles. The second-order valence-electron chi connectivity index (χ2n) is 6.49. The van der Waals surface area contributed by atoms with Gasteiger partial charge in [0, 0.05) is 32.9 Å². The lowest BCUT2D eigenvalue weighted by Crippen LogP contribution is -2.41. The molecule has 1 aliphatic heterocycles. The molecule has 2 heterocycles. The van der Waals surface area contributed by atoms with E-state index in [1.165, 1.54) is 5.56 Å². The maximum Gasteiger partial charge on any atom is 0.255 e. The van der Waals surface area contributed by atoms with Gasteiger partial charge in [0.15, 0.2) is 0 Å². The van der Waals surface area contributed by atoms with Crippen LogP contribution >= 0.6 is 0 Å². The first kappa shape index (κ1) is 17.4. The Balaban J connectivity index is 1.57. The summed E-state index contributed by atoms with van der Waals surface area (Å²) in [6.45, 7) is 3.00. The molecule has 1 fully saturated rings. The quantitative estimate of drug-likeness (QED) is 0.878. The SMILES string of the molecule is COC[C@@H]1CCCN(C(=O)c2ccc(NCc3ccccc3)nc2)C1. The van der Waals surface area contributed by atoms with E-state index >= 15 is 0 Å². The third-order valence-corrected chi connectivity index (χ3v) is 4.54. The number of pyridine rings is 1. The summed E-state index contributed by atoms with van der Waals surface area (Å²) < 4.78 is 5.24. The molecular weight excluding hydrogens is 314 g/mol. The molecule has 5 nitrogen and oxygen atoms in total. The molecule has 1 amide bonds. The second-order valence-corrected chi connectivity index (χ2v) is 6.49. The van der Waals surface area contributed by atoms with Crippen molar-refractivity contribution < 1.29 is 9.53 Å². The Hall–Kier alpha value is -2.40. The van der Waals surface area contributed by atoms with Crippen LogP contribution < -0.4 is 5.32 Å². The molecule has 0 saturated carbocycles. The summed E-state index contributed by atoms with van der Waals surface area (Å²) in [6.07, 6.45) is 3.82. The van der Waals surface area contributed by atoms with Crippen LogP contribution in [0.3, 0.4) is 0 Å². The van der Waals surface area contributed by atoms with Gasteiger partial charge in [-0.2, -0.15) is 0 Å². The summed E-state index contributed by atoms with van der Waals surface area (Å²) >= 11 is 0. The number of nitrogens with one attached hydrogen (secondary N) is 1. The number of likely N-dealkylation sites (tertiary alicyclic amines) is 1. The summed E-state index contributed by atoms with van der Waals surface area (Å²) in [6, 6.07) is 13.9. The Morgan fingerprint density at radius 2 is 2.12 bits per heavy atom. The van der Waals surface area contributed by atoms with Gasteiger partial charge < -0.3 is 15.0 Å². The Kier molecular flexibility index (Phi) is 6.01. The lowest BCUT2D eigenvalue weighted by molar-refractivity contribution is 0.0570. The number of rotatable bonds is 6. The van der Waals surface area contributed by atoms with Crippen molar-refractivity contribution >= 4 is 11.7 Å². The van der Waals surface area contributed by atoms with E-state index < -0.39 is 0 Å². The van der Waals surface area contributed by atoms with Gasteiger partial charge in [-0.25, -0.2) is 4.98 Å². The highest BCUT2D eigenvalue weighted by atomic mass is 16.5. The van der Waals surface area contributed by atoms with Crippen molar-refractivity contribution in [1.29, 1.82) is 0 Å². The molecule has 1 atom stereocenters. The fourth-order valence-electron chi connectivity index (χ4n) is 3.22. The summed E-state index contributed by atoms with van der Waals surface area (Å²) in [5.74, 6) is 1.27. The Bertz CT molecular complexity index is 671. The van der Waals surface area contributed by atoms with E-state index in [4.69, 9.17) is 4.74 Å². The zero-order chi connectivity index (χ0) is 17.5. The van der Waals surface area contributed by atoms with Gasteiger partial charge in [0.05, 0.1) is 12.2 Å². The molecule has 0 spiro atoms. The highest BCUT2D eigenvalue weighted by Crippen LogP contribution is 2.19. The summed E-state index contributed by atoms with van der Waals surface area (Å²) in [5.41, 5.74) is 1.84. The smallest absolute Gasteiger partial charge is 0.255 e. The van der Waals surface area contributed by atoms with Crippen LogP contribution in [0, 0.1) is 5.92 Å². The molecule has 1 aromatic heterocycles. The maximum absolute atomic E-state index is 12.7. The number of carbonyl (C=O) groups excluding carboxylic acids is 1. The molecule has 3 rings (SSSR count). The van der Waals surface area contributed by atoms with E-state index in [9.17, 15) is 4.79 Å². The van der Waals surface area contributed by atoms with E-state index in [2.05, 4.69) is 22.4 Å². The van der Waals surface area contributed by atoms with Gasteiger partial charge in [-0.15, -0.1) is 0 Å². The van der Waals surface area contributed by atoms with Crippen molar-refractivity contribution in [3.63, 3.8) is 0 Å². The highest BCUT2D eigenvalue weighted by molar-refractivity contribution is 5.94. The topological polar surface area (TPSA) is 54.5 Å². The predicted octanol–water partition coefficient (Wildman–Crippen LogP) is 3.19. The number of methoxy groups -OCH3 is 1. The van der Waals surface area contributed by atoms with Gasteiger partial charge in [-0.1, -0.05) is 30.3 Å². The molecular formula is C20H25N3O2. The lowest BCUT2D eigenvalue weighted by Gasteiger charge is -2.32. The normalized spacial score (nSPS) is 17.3. The minimum atomic E-state index is 0.0583. The fraction of sp³-hybridized carbons (Fsp3) is 0.400. The van der Waals surface area contributed by atoms with Gasteiger partial charge in [-0.3, -0.25) is 4.79 Å². The van der Waals surface area contributed by atoms with Crippen molar-refractivity contribution in [2.75, 3.05) is 32.1 Å². The van der Waals surface area contributed by atoms with E-state index in [0.717, 1.165) is 31.7 Å². The number of benzene rings is 1. The summed E-state index contributed by atoms with van der Waals surface area (Å²) in [4.78, 5) is 19.0. The number of hydrogen-bond donors (Lipinski definition) is 1. The van der Waals surface area contributed by atoms with Gasteiger partial charge in [0.1, 0.15) is 5.82 Å². The van der Waals surface area contributed by atoms with Crippen LogP contribution in [-0.4, -0.2) is 42.6 Å². The summed E-state index contributed by atoms with van der Waals surface area (Å²) in [5, 5.41) is 3.28. The molecule has 1 N–H and O–H groups in total. The molecule has 1 saturated heterocycles. The molecule has 132 valence electrons. The molecule has 5 heteroatoms. The summed E-state index contributed by atoms with van der Waals surface area (Å²) in [7, 11) is 1.71. The maximum atomic E-state index is 12.7. The van der Waals surface area contributed by atoms with Gasteiger partial charge in [0.25, 0.3) is 5.91 Å². The molecule has 0 unspecified atom stereocenters. The zero-order valence-corrected chi connectivity index (χ0v) is 14.6. The van der Waals surface area contributed by atoms with Crippen molar-refractivity contribution in [2.24, 2.45) is 5.92 Å². The van der Waals surface area contributed by atoms with E-state index in [1.807, 2.05) is 35.2 Å². The first-order chi connectivity index (χ1) is 12.3. The minimum Gasteiger partial charge on any atom is -0.384 e. The minimum absolute atomic E-state index is 0.0583. The fourth-order valence-corrected chi connectivity index (χ4v) is 3.22. The van der Waals surface area contributed by atoms with Crippen LogP contribution in [0.15, 0.2) is 48.7 Å². The van der Waals surface area contributed by atoms with Crippen LogP contribution in [-0.2, 0) is 11.3 Å². The average Bonchev–Trinajstić information content (AvgIpc) is 2.67. The monoisotopic (exact) mass is 339 g/mol. The average molecular weight is 339 g/mol. The first-order valence-electron chi connectivity index (χ1n) is 8.78. The highest BCUT2D eigenvalue weighted by Gasteiger charge is 2.24. The number of carbonyl (C=O) groups is 1.